The SMILES string of the molecule is CCC/C=C\C/C=C\CCCCCCCC(=O)OCC(COC(=O)CCCCCCCCCCCCCCCCCCCCCCCCCC)OC(=O)CCCCCCCCC/C=C\C/C=C\CCCCC. The molecular weight excluding hydrogens is 889 g/mol. The first-order valence-electron chi connectivity index (χ1n) is 31.6. The third kappa shape index (κ3) is 58.3. The second-order valence-electron chi connectivity index (χ2n) is 21.3. The van der Waals surface area contributed by atoms with Crippen LogP contribution in [-0.4, -0.2) is 37.2 Å². The van der Waals surface area contributed by atoms with Crippen LogP contribution in [0.3, 0.4) is 0 Å². The molecule has 1 unspecified atom stereocenters. The summed E-state index contributed by atoms with van der Waals surface area (Å²) in [5, 5.41) is 0. The maximum atomic E-state index is 12.9. The number of carbonyl (C=O) groups excluding carboxylic acids is 3. The van der Waals surface area contributed by atoms with Gasteiger partial charge in [-0.2, -0.15) is 0 Å². The van der Waals surface area contributed by atoms with E-state index in [9.17, 15) is 14.4 Å². The molecule has 0 saturated heterocycles. The van der Waals surface area contributed by atoms with Gasteiger partial charge >= 0.3 is 17.9 Å². The number of hydrogen-bond acceptors (Lipinski definition) is 6. The molecule has 0 spiro atoms. The summed E-state index contributed by atoms with van der Waals surface area (Å²) in [6, 6.07) is 0. The molecule has 0 aromatic carbocycles. The Labute approximate surface area is 448 Å². The molecule has 0 aliphatic carbocycles. The topological polar surface area (TPSA) is 78.9 Å². The van der Waals surface area contributed by atoms with Crippen molar-refractivity contribution in [1.82, 2.24) is 0 Å². The molecular formula is C66H120O6. The Kier molecular flexibility index (Phi) is 58.7. The van der Waals surface area contributed by atoms with E-state index in [1.165, 1.54) is 199 Å². The molecule has 0 radical (unpaired) electrons. The molecule has 0 N–H and O–H groups in total. The number of carbonyl (C=O) groups is 3. The summed E-state index contributed by atoms with van der Waals surface area (Å²) in [4.78, 5) is 38.2. The zero-order valence-corrected chi connectivity index (χ0v) is 48.2. The lowest BCUT2D eigenvalue weighted by Gasteiger charge is -2.18. The average Bonchev–Trinajstić information content (AvgIpc) is 3.38. The monoisotopic (exact) mass is 1010 g/mol. The molecule has 1 atom stereocenters. The van der Waals surface area contributed by atoms with Gasteiger partial charge in [-0.25, -0.2) is 0 Å². The highest BCUT2D eigenvalue weighted by Crippen LogP contribution is 2.17. The largest absolute Gasteiger partial charge is 0.462 e. The minimum atomic E-state index is -0.782. The number of allylic oxidation sites excluding steroid dienone is 8. The van der Waals surface area contributed by atoms with Crippen LogP contribution >= 0.6 is 0 Å². The first-order chi connectivity index (χ1) is 35.5. The van der Waals surface area contributed by atoms with E-state index >= 15 is 0 Å². The van der Waals surface area contributed by atoms with Crippen LogP contribution in [0.1, 0.15) is 335 Å². The van der Waals surface area contributed by atoms with Crippen LogP contribution < -0.4 is 0 Å². The molecule has 0 aliphatic rings. The summed E-state index contributed by atoms with van der Waals surface area (Å²) in [6.07, 6.45) is 75.5. The van der Waals surface area contributed by atoms with Crippen molar-refractivity contribution >= 4 is 17.9 Å². The van der Waals surface area contributed by atoms with E-state index < -0.39 is 6.10 Å². The Morgan fingerprint density at radius 2 is 0.528 bits per heavy atom. The van der Waals surface area contributed by atoms with Gasteiger partial charge in [0.2, 0.25) is 0 Å². The molecule has 0 heterocycles. The van der Waals surface area contributed by atoms with Crippen molar-refractivity contribution in [3.8, 4) is 0 Å². The van der Waals surface area contributed by atoms with Crippen molar-refractivity contribution in [1.29, 1.82) is 0 Å². The van der Waals surface area contributed by atoms with Crippen molar-refractivity contribution in [2.24, 2.45) is 0 Å². The van der Waals surface area contributed by atoms with Gasteiger partial charge in [0.1, 0.15) is 13.2 Å². The fourth-order valence-corrected chi connectivity index (χ4v) is 9.28. The Morgan fingerprint density at radius 1 is 0.278 bits per heavy atom. The van der Waals surface area contributed by atoms with Crippen molar-refractivity contribution < 1.29 is 28.6 Å². The summed E-state index contributed by atoms with van der Waals surface area (Å²) in [5.41, 5.74) is 0. The van der Waals surface area contributed by atoms with E-state index in [1.54, 1.807) is 0 Å². The number of rotatable bonds is 58. The van der Waals surface area contributed by atoms with Crippen LogP contribution in [0.5, 0.6) is 0 Å². The molecule has 6 heteroatoms. The minimum absolute atomic E-state index is 0.0777. The summed E-state index contributed by atoms with van der Waals surface area (Å²) >= 11 is 0. The van der Waals surface area contributed by atoms with Crippen molar-refractivity contribution in [3.05, 3.63) is 48.6 Å². The quantitative estimate of drug-likeness (QED) is 0.0261. The molecule has 0 rings (SSSR count). The van der Waals surface area contributed by atoms with Crippen LogP contribution in [0.2, 0.25) is 0 Å². The van der Waals surface area contributed by atoms with Crippen LogP contribution in [0.25, 0.3) is 0 Å². The highest BCUT2D eigenvalue weighted by molar-refractivity contribution is 5.71. The lowest BCUT2D eigenvalue weighted by molar-refractivity contribution is -0.167. The first kappa shape index (κ1) is 69.4. The first-order valence-corrected chi connectivity index (χ1v) is 31.6. The van der Waals surface area contributed by atoms with E-state index in [-0.39, 0.29) is 31.1 Å². The predicted octanol–water partition coefficient (Wildman–Crippen LogP) is 21.4. The maximum Gasteiger partial charge on any atom is 0.306 e. The molecule has 6 nitrogen and oxygen atoms in total. The van der Waals surface area contributed by atoms with E-state index in [0.717, 1.165) is 96.3 Å². The molecule has 420 valence electrons. The Bertz CT molecular complexity index is 1250. The zero-order valence-electron chi connectivity index (χ0n) is 48.2. The fraction of sp³-hybridized carbons (Fsp3) is 0.833. The van der Waals surface area contributed by atoms with E-state index in [0.29, 0.717) is 19.3 Å². The standard InChI is InChI=1S/C66H120O6/c1-4-7-10-13-16-19-22-25-27-29-30-31-32-33-34-35-37-38-41-44-47-50-53-56-59-65(68)71-62-63(61-70-64(67)58-55-52-49-46-43-40-24-21-18-15-12-9-6-3)72-66(69)60-57-54-51-48-45-42-39-36-28-26-23-20-17-14-11-8-5-2/h12,15,17,20-21,24,26,28,63H,4-11,13-14,16,18-19,22-23,25,27,29-62H2,1-3H3/b15-12-,20-17-,24-21-,28-26-. The average molecular weight is 1010 g/mol. The van der Waals surface area contributed by atoms with Crippen molar-refractivity contribution in [2.75, 3.05) is 13.2 Å². The summed E-state index contributed by atoms with van der Waals surface area (Å²) in [6.45, 7) is 6.58. The predicted molar refractivity (Wildman–Crippen MR) is 312 cm³/mol. The van der Waals surface area contributed by atoms with Gasteiger partial charge < -0.3 is 14.2 Å². The van der Waals surface area contributed by atoms with Gasteiger partial charge in [0.25, 0.3) is 0 Å². The molecule has 0 fully saturated rings. The molecule has 0 saturated carbocycles. The van der Waals surface area contributed by atoms with Gasteiger partial charge in [0.05, 0.1) is 0 Å². The maximum absolute atomic E-state index is 12.9. The number of hydrogen-bond donors (Lipinski definition) is 0. The smallest absolute Gasteiger partial charge is 0.306 e. The molecule has 0 bridgehead atoms. The van der Waals surface area contributed by atoms with E-state index in [4.69, 9.17) is 14.2 Å². The van der Waals surface area contributed by atoms with Crippen LogP contribution in [0.15, 0.2) is 48.6 Å². The van der Waals surface area contributed by atoms with Gasteiger partial charge in [-0.05, 0) is 77.0 Å². The van der Waals surface area contributed by atoms with Crippen LogP contribution in [0, 0.1) is 0 Å². The fourth-order valence-electron chi connectivity index (χ4n) is 9.28. The van der Waals surface area contributed by atoms with Crippen LogP contribution in [0.4, 0.5) is 0 Å². The van der Waals surface area contributed by atoms with Gasteiger partial charge in [-0.15, -0.1) is 0 Å². The third-order valence-corrected chi connectivity index (χ3v) is 14.0. The minimum Gasteiger partial charge on any atom is -0.462 e. The molecule has 72 heavy (non-hydrogen) atoms. The Hall–Kier alpha value is -2.63. The number of esters is 3. The van der Waals surface area contributed by atoms with Crippen molar-refractivity contribution in [3.63, 3.8) is 0 Å². The highest BCUT2D eigenvalue weighted by Gasteiger charge is 2.19. The number of unbranched alkanes of at least 4 members (excludes halogenated alkanes) is 39. The molecule has 0 aromatic heterocycles. The van der Waals surface area contributed by atoms with Crippen LogP contribution in [-0.2, 0) is 28.6 Å². The lowest BCUT2D eigenvalue weighted by atomic mass is 10.0. The van der Waals surface area contributed by atoms with Gasteiger partial charge in [0.15, 0.2) is 6.10 Å². The second kappa shape index (κ2) is 60.9. The summed E-state index contributed by atoms with van der Waals surface area (Å²) in [7, 11) is 0. The van der Waals surface area contributed by atoms with Gasteiger partial charge in [0, 0.05) is 19.3 Å². The third-order valence-electron chi connectivity index (χ3n) is 14.0. The van der Waals surface area contributed by atoms with Gasteiger partial charge in [-0.3, -0.25) is 14.4 Å². The second-order valence-corrected chi connectivity index (χ2v) is 21.3. The van der Waals surface area contributed by atoms with E-state index in [1.807, 2.05) is 0 Å². The van der Waals surface area contributed by atoms with E-state index in [2.05, 4.69) is 69.4 Å². The molecule has 0 aromatic rings. The summed E-state index contributed by atoms with van der Waals surface area (Å²) < 4.78 is 16.9. The summed E-state index contributed by atoms with van der Waals surface area (Å²) in [5.74, 6) is -0.882. The van der Waals surface area contributed by atoms with Gasteiger partial charge in [-0.1, -0.05) is 288 Å². The number of ether oxygens (including phenoxy) is 3. The highest BCUT2D eigenvalue weighted by atomic mass is 16.6. The Balaban J connectivity index is 4.26. The Morgan fingerprint density at radius 3 is 0.847 bits per heavy atom. The molecule has 0 amide bonds. The zero-order chi connectivity index (χ0) is 52.2. The lowest BCUT2D eigenvalue weighted by Crippen LogP contribution is -2.30. The van der Waals surface area contributed by atoms with Crippen molar-refractivity contribution in [2.45, 2.75) is 341 Å². The molecule has 0 aliphatic heterocycles. The normalized spacial score (nSPS) is 12.3.